The average molecular weight is 350 g/mol. The zero-order valence-electron chi connectivity index (χ0n) is 13.4. The fourth-order valence-corrected chi connectivity index (χ4v) is 2.60. The topological polar surface area (TPSA) is 29.9 Å². The minimum atomic E-state index is 0.124. The molecule has 0 atom stereocenters. The number of hydrogen-bond donors (Lipinski definition) is 1. The van der Waals surface area contributed by atoms with Crippen molar-refractivity contribution in [3.8, 4) is 5.69 Å². The second-order valence-corrected chi connectivity index (χ2v) is 7.58. The third-order valence-electron chi connectivity index (χ3n) is 3.28. The fraction of sp³-hybridized carbons (Fsp3) is 0.471. The van der Waals surface area contributed by atoms with Crippen LogP contribution in [0.2, 0.25) is 0 Å². The van der Waals surface area contributed by atoms with Crippen LogP contribution in [0.4, 0.5) is 0 Å². The molecule has 2 rings (SSSR count). The highest BCUT2D eigenvalue weighted by Crippen LogP contribution is 2.23. The van der Waals surface area contributed by atoms with Crippen LogP contribution in [0.15, 0.2) is 34.9 Å². The van der Waals surface area contributed by atoms with Crippen molar-refractivity contribution in [2.24, 2.45) is 0 Å². The first-order valence-electron chi connectivity index (χ1n) is 7.35. The third kappa shape index (κ3) is 4.42. The lowest BCUT2D eigenvalue weighted by atomic mass is 10.1. The molecule has 0 radical (unpaired) electrons. The Labute approximate surface area is 135 Å². The molecule has 0 unspecified atom stereocenters. The Kier molecular flexibility index (Phi) is 4.89. The summed E-state index contributed by atoms with van der Waals surface area (Å²) in [7, 11) is 0. The molecule has 1 heterocycles. The number of halogens is 1. The van der Waals surface area contributed by atoms with E-state index in [1.54, 1.807) is 0 Å². The molecule has 0 bridgehead atoms. The predicted molar refractivity (Wildman–Crippen MR) is 91.9 cm³/mol. The molecule has 0 aliphatic rings. The van der Waals surface area contributed by atoms with Gasteiger partial charge in [-0.2, -0.15) is 5.10 Å². The van der Waals surface area contributed by atoms with E-state index in [0.717, 1.165) is 22.4 Å². The summed E-state index contributed by atoms with van der Waals surface area (Å²) in [6.45, 7) is 11.7. The summed E-state index contributed by atoms with van der Waals surface area (Å²) < 4.78 is 2.99. The number of benzene rings is 1. The van der Waals surface area contributed by atoms with E-state index in [9.17, 15) is 0 Å². The van der Waals surface area contributed by atoms with Crippen LogP contribution in [-0.2, 0) is 6.54 Å². The van der Waals surface area contributed by atoms with E-state index in [-0.39, 0.29) is 5.54 Å². The lowest BCUT2D eigenvalue weighted by Crippen LogP contribution is -2.35. The zero-order chi connectivity index (χ0) is 15.6. The largest absolute Gasteiger partial charge is 0.308 e. The van der Waals surface area contributed by atoms with Crippen molar-refractivity contribution in [2.45, 2.75) is 52.6 Å². The Hall–Kier alpha value is -1.13. The number of aromatic nitrogens is 2. The summed E-state index contributed by atoms with van der Waals surface area (Å²) in [5.74, 6) is 0.445. The Morgan fingerprint density at radius 2 is 1.95 bits per heavy atom. The summed E-state index contributed by atoms with van der Waals surface area (Å²) >= 11 is 3.66. The molecule has 21 heavy (non-hydrogen) atoms. The summed E-state index contributed by atoms with van der Waals surface area (Å²) in [4.78, 5) is 0. The van der Waals surface area contributed by atoms with Crippen LogP contribution < -0.4 is 5.32 Å². The first-order chi connectivity index (χ1) is 9.76. The van der Waals surface area contributed by atoms with Gasteiger partial charge in [-0.1, -0.05) is 19.9 Å². The molecule has 0 amide bonds. The van der Waals surface area contributed by atoms with Gasteiger partial charge in [-0.3, -0.25) is 0 Å². The van der Waals surface area contributed by atoms with Crippen molar-refractivity contribution in [2.75, 3.05) is 0 Å². The van der Waals surface area contributed by atoms with Crippen LogP contribution >= 0.6 is 15.9 Å². The Morgan fingerprint density at radius 1 is 1.24 bits per heavy atom. The van der Waals surface area contributed by atoms with Gasteiger partial charge in [0, 0.05) is 22.8 Å². The molecule has 0 aliphatic carbocycles. The Bertz CT molecular complexity index is 609. The third-order valence-corrected chi connectivity index (χ3v) is 3.92. The van der Waals surface area contributed by atoms with E-state index in [0.29, 0.717) is 5.92 Å². The fourth-order valence-electron chi connectivity index (χ4n) is 1.99. The van der Waals surface area contributed by atoms with Crippen LogP contribution in [0.1, 0.15) is 51.8 Å². The Morgan fingerprint density at radius 3 is 2.48 bits per heavy atom. The van der Waals surface area contributed by atoms with Crippen molar-refractivity contribution in [3.05, 3.63) is 46.2 Å². The van der Waals surface area contributed by atoms with Gasteiger partial charge in [-0.25, -0.2) is 4.68 Å². The molecule has 2 aromatic rings. The highest BCUT2D eigenvalue weighted by atomic mass is 79.9. The first kappa shape index (κ1) is 16.2. The van der Waals surface area contributed by atoms with Gasteiger partial charge in [0.25, 0.3) is 0 Å². The van der Waals surface area contributed by atoms with Crippen LogP contribution in [0.3, 0.4) is 0 Å². The molecule has 0 fully saturated rings. The molecule has 3 nitrogen and oxygen atoms in total. The smallest absolute Gasteiger partial charge is 0.0787 e. The minimum Gasteiger partial charge on any atom is -0.308 e. The standard InChI is InChI=1S/C17H24BrN3/c1-12(2)15-8-9-21(20-15)16-7-6-13(10-14(16)18)11-19-17(3,4)5/h6-10,12,19H,11H2,1-5H3. The summed E-state index contributed by atoms with van der Waals surface area (Å²) in [6, 6.07) is 8.49. The normalized spacial score (nSPS) is 12.1. The lowest BCUT2D eigenvalue weighted by molar-refractivity contribution is 0.424. The predicted octanol–water partition coefficient (Wildman–Crippen LogP) is 4.65. The second-order valence-electron chi connectivity index (χ2n) is 6.73. The highest BCUT2D eigenvalue weighted by Gasteiger charge is 2.11. The van der Waals surface area contributed by atoms with Crippen molar-refractivity contribution >= 4 is 15.9 Å². The van der Waals surface area contributed by atoms with Gasteiger partial charge in [0.2, 0.25) is 0 Å². The number of nitrogens with one attached hydrogen (secondary N) is 1. The molecule has 4 heteroatoms. The van der Waals surface area contributed by atoms with Gasteiger partial charge in [-0.15, -0.1) is 0 Å². The molecule has 0 spiro atoms. The molecular weight excluding hydrogens is 326 g/mol. The van der Waals surface area contributed by atoms with Crippen molar-refractivity contribution in [3.63, 3.8) is 0 Å². The van der Waals surface area contributed by atoms with Crippen LogP contribution in [-0.4, -0.2) is 15.3 Å². The average Bonchev–Trinajstić information content (AvgIpc) is 2.85. The molecule has 1 N–H and O–H groups in total. The molecule has 1 aromatic heterocycles. The van der Waals surface area contributed by atoms with E-state index >= 15 is 0 Å². The van der Waals surface area contributed by atoms with Crippen molar-refractivity contribution in [1.29, 1.82) is 0 Å². The number of nitrogens with zero attached hydrogens (tertiary/aromatic N) is 2. The van der Waals surface area contributed by atoms with Gasteiger partial charge in [0.15, 0.2) is 0 Å². The molecule has 0 aliphatic heterocycles. The van der Waals surface area contributed by atoms with Crippen LogP contribution in [0.5, 0.6) is 0 Å². The SMILES string of the molecule is CC(C)c1ccn(-c2ccc(CNC(C)(C)C)cc2Br)n1. The minimum absolute atomic E-state index is 0.124. The van der Waals surface area contributed by atoms with Crippen molar-refractivity contribution in [1.82, 2.24) is 15.1 Å². The molecular formula is C17H24BrN3. The summed E-state index contributed by atoms with van der Waals surface area (Å²) in [6.07, 6.45) is 2.02. The van der Waals surface area contributed by atoms with E-state index in [2.05, 4.69) is 85.2 Å². The zero-order valence-corrected chi connectivity index (χ0v) is 15.0. The first-order valence-corrected chi connectivity index (χ1v) is 8.15. The Balaban J connectivity index is 2.18. The van der Waals surface area contributed by atoms with Gasteiger partial charge in [0.05, 0.1) is 11.4 Å². The molecule has 114 valence electrons. The lowest BCUT2D eigenvalue weighted by Gasteiger charge is -2.20. The maximum Gasteiger partial charge on any atom is 0.0787 e. The van der Waals surface area contributed by atoms with Crippen molar-refractivity contribution < 1.29 is 0 Å². The summed E-state index contributed by atoms with van der Waals surface area (Å²) in [5, 5.41) is 8.13. The van der Waals surface area contributed by atoms with Crippen LogP contribution in [0, 0.1) is 0 Å². The highest BCUT2D eigenvalue weighted by molar-refractivity contribution is 9.10. The van der Waals surface area contributed by atoms with E-state index in [1.165, 1.54) is 5.56 Å². The van der Waals surface area contributed by atoms with Gasteiger partial charge >= 0.3 is 0 Å². The maximum absolute atomic E-state index is 4.63. The van der Waals surface area contributed by atoms with E-state index < -0.39 is 0 Å². The monoisotopic (exact) mass is 349 g/mol. The second kappa shape index (κ2) is 6.32. The molecule has 0 saturated heterocycles. The van der Waals surface area contributed by atoms with Gasteiger partial charge in [0.1, 0.15) is 0 Å². The van der Waals surface area contributed by atoms with Gasteiger partial charge in [-0.05, 0) is 66.4 Å². The molecule has 0 saturated carbocycles. The summed E-state index contributed by atoms with van der Waals surface area (Å²) in [5.41, 5.74) is 3.57. The molecule has 1 aromatic carbocycles. The quantitative estimate of drug-likeness (QED) is 0.870. The number of rotatable bonds is 4. The van der Waals surface area contributed by atoms with E-state index in [1.807, 2.05) is 10.9 Å². The van der Waals surface area contributed by atoms with E-state index in [4.69, 9.17) is 0 Å². The number of hydrogen-bond acceptors (Lipinski definition) is 2. The maximum atomic E-state index is 4.63. The van der Waals surface area contributed by atoms with Gasteiger partial charge < -0.3 is 5.32 Å². The van der Waals surface area contributed by atoms with Crippen LogP contribution in [0.25, 0.3) is 5.69 Å².